The first-order valence-electron chi connectivity index (χ1n) is 8.07. The summed E-state index contributed by atoms with van der Waals surface area (Å²) in [6, 6.07) is 1.37. The molecule has 1 aliphatic heterocycles. The van der Waals surface area contributed by atoms with Gasteiger partial charge in [-0.05, 0) is 25.5 Å². The second kappa shape index (κ2) is 8.75. The van der Waals surface area contributed by atoms with Crippen molar-refractivity contribution in [3.05, 3.63) is 34.4 Å². The van der Waals surface area contributed by atoms with Crippen molar-refractivity contribution in [1.82, 2.24) is 10.2 Å². The Hall–Kier alpha value is -1.77. The summed E-state index contributed by atoms with van der Waals surface area (Å²) in [6.45, 7) is 2.01. The molecule has 1 aromatic carbocycles. The van der Waals surface area contributed by atoms with Crippen molar-refractivity contribution >= 4 is 23.4 Å². The van der Waals surface area contributed by atoms with Crippen LogP contribution in [-0.2, 0) is 14.3 Å². The lowest BCUT2D eigenvalue weighted by molar-refractivity contribution is -0.142. The van der Waals surface area contributed by atoms with Crippen LogP contribution in [-0.4, -0.2) is 62.3 Å². The van der Waals surface area contributed by atoms with Gasteiger partial charge in [0.05, 0.1) is 12.1 Å². The predicted molar refractivity (Wildman–Crippen MR) is 91.1 cm³/mol. The molecule has 26 heavy (non-hydrogen) atoms. The van der Waals surface area contributed by atoms with Gasteiger partial charge in [-0.3, -0.25) is 9.59 Å². The number of halogens is 3. The summed E-state index contributed by atoms with van der Waals surface area (Å²) < 4.78 is 38.0. The number of nitrogens with zero attached hydrogens (tertiary/aromatic N) is 1. The number of hydrogen-bond donors (Lipinski definition) is 1. The number of carbonyl (C=O) groups is 2. The Labute approximate surface area is 155 Å². The van der Waals surface area contributed by atoms with E-state index in [2.05, 4.69) is 5.32 Å². The van der Waals surface area contributed by atoms with Gasteiger partial charge >= 0.3 is 0 Å². The van der Waals surface area contributed by atoms with Gasteiger partial charge in [-0.15, -0.1) is 0 Å². The molecule has 2 rings (SSSR count). The van der Waals surface area contributed by atoms with Crippen LogP contribution in [0.15, 0.2) is 12.1 Å². The standard InChI is InChI=1S/C17H21ClF2N2O4/c1-9(25-2)17(24)22-8-12(26-3)6-11(22)7-21-16(23)15-13(19)4-10(18)5-14(15)20/h4-5,9,11-12H,6-8H2,1-3H3,(H,21,23)/t9-,11+,12-/m1/s1. The first-order valence-corrected chi connectivity index (χ1v) is 8.45. The molecule has 0 unspecified atom stereocenters. The summed E-state index contributed by atoms with van der Waals surface area (Å²) in [5.74, 6) is -3.25. The number of ether oxygens (including phenoxy) is 2. The smallest absolute Gasteiger partial charge is 0.257 e. The molecule has 0 saturated carbocycles. The fourth-order valence-electron chi connectivity index (χ4n) is 2.90. The molecule has 1 aromatic rings. The normalized spacial score (nSPS) is 20.9. The minimum Gasteiger partial charge on any atom is -0.380 e. The van der Waals surface area contributed by atoms with Crippen molar-refractivity contribution in [3.8, 4) is 0 Å². The molecule has 6 nitrogen and oxygen atoms in total. The molecule has 0 aromatic heterocycles. The van der Waals surface area contributed by atoms with Crippen LogP contribution in [0.25, 0.3) is 0 Å². The van der Waals surface area contributed by atoms with Crippen LogP contribution in [0.4, 0.5) is 8.78 Å². The number of amides is 2. The molecule has 144 valence electrons. The Kier molecular flexibility index (Phi) is 6.91. The molecule has 1 aliphatic rings. The van der Waals surface area contributed by atoms with Gasteiger partial charge < -0.3 is 19.7 Å². The minimum absolute atomic E-state index is 0.0301. The summed E-state index contributed by atoms with van der Waals surface area (Å²) >= 11 is 5.56. The number of rotatable bonds is 6. The third kappa shape index (κ3) is 4.49. The topological polar surface area (TPSA) is 67.9 Å². The van der Waals surface area contributed by atoms with E-state index in [0.29, 0.717) is 13.0 Å². The third-order valence-corrected chi connectivity index (χ3v) is 4.64. The lowest BCUT2D eigenvalue weighted by Gasteiger charge is -2.27. The lowest BCUT2D eigenvalue weighted by atomic mass is 10.1. The van der Waals surface area contributed by atoms with Gasteiger partial charge in [-0.2, -0.15) is 0 Å². The van der Waals surface area contributed by atoms with Crippen molar-refractivity contribution in [3.63, 3.8) is 0 Å². The molecule has 0 spiro atoms. The number of nitrogens with one attached hydrogen (secondary N) is 1. The predicted octanol–water partition coefficient (Wildman–Crippen LogP) is 2.00. The van der Waals surface area contributed by atoms with Gasteiger partial charge in [-0.1, -0.05) is 11.6 Å². The summed E-state index contributed by atoms with van der Waals surface area (Å²) in [5.41, 5.74) is -0.709. The average molecular weight is 391 g/mol. The van der Waals surface area contributed by atoms with Crippen molar-refractivity contribution in [1.29, 1.82) is 0 Å². The van der Waals surface area contributed by atoms with Gasteiger partial charge in [0.2, 0.25) is 0 Å². The molecule has 1 saturated heterocycles. The number of hydrogen-bond acceptors (Lipinski definition) is 4. The van der Waals surface area contributed by atoms with E-state index >= 15 is 0 Å². The quantitative estimate of drug-likeness (QED) is 0.806. The van der Waals surface area contributed by atoms with Gasteiger partial charge in [0.15, 0.2) is 0 Å². The van der Waals surface area contributed by atoms with Gasteiger partial charge in [0.1, 0.15) is 23.3 Å². The number of methoxy groups -OCH3 is 2. The monoisotopic (exact) mass is 390 g/mol. The fourth-order valence-corrected chi connectivity index (χ4v) is 3.09. The molecule has 1 heterocycles. The Balaban J connectivity index is 2.09. The summed E-state index contributed by atoms with van der Waals surface area (Å²) in [4.78, 5) is 26.1. The molecule has 9 heteroatoms. The van der Waals surface area contributed by atoms with E-state index in [1.165, 1.54) is 14.2 Å². The highest BCUT2D eigenvalue weighted by atomic mass is 35.5. The molecular weight excluding hydrogens is 370 g/mol. The Bertz CT molecular complexity index is 666. The Morgan fingerprint density at radius 2 is 1.96 bits per heavy atom. The first-order chi connectivity index (χ1) is 12.3. The maximum absolute atomic E-state index is 13.8. The average Bonchev–Trinajstić information content (AvgIpc) is 3.01. The van der Waals surface area contributed by atoms with E-state index in [0.717, 1.165) is 12.1 Å². The van der Waals surface area contributed by atoms with Gasteiger partial charge in [0.25, 0.3) is 11.8 Å². The zero-order valence-electron chi connectivity index (χ0n) is 14.7. The van der Waals surface area contributed by atoms with Crippen LogP contribution in [0.1, 0.15) is 23.7 Å². The van der Waals surface area contributed by atoms with Crippen LogP contribution in [0.2, 0.25) is 5.02 Å². The molecule has 3 atom stereocenters. The molecule has 0 radical (unpaired) electrons. The summed E-state index contributed by atoms with van der Waals surface area (Å²) in [5, 5.41) is 2.34. The second-order valence-electron chi connectivity index (χ2n) is 6.07. The van der Waals surface area contributed by atoms with Gasteiger partial charge in [-0.25, -0.2) is 8.78 Å². The van der Waals surface area contributed by atoms with Crippen molar-refractivity contribution in [2.75, 3.05) is 27.3 Å². The van der Waals surface area contributed by atoms with Gasteiger partial charge in [0, 0.05) is 32.3 Å². The Morgan fingerprint density at radius 3 is 2.50 bits per heavy atom. The third-order valence-electron chi connectivity index (χ3n) is 4.43. The highest BCUT2D eigenvalue weighted by Gasteiger charge is 2.37. The van der Waals surface area contributed by atoms with E-state index in [1.807, 2.05) is 0 Å². The maximum Gasteiger partial charge on any atom is 0.257 e. The van der Waals surface area contributed by atoms with Crippen LogP contribution in [0.3, 0.4) is 0 Å². The first kappa shape index (κ1) is 20.5. The molecular formula is C17H21ClF2N2O4. The van der Waals surface area contributed by atoms with E-state index in [-0.39, 0.29) is 29.6 Å². The largest absolute Gasteiger partial charge is 0.380 e. The van der Waals surface area contributed by atoms with E-state index in [1.54, 1.807) is 11.8 Å². The molecule has 0 bridgehead atoms. The minimum atomic E-state index is -1.05. The van der Waals surface area contributed by atoms with Crippen molar-refractivity contribution in [2.24, 2.45) is 0 Å². The second-order valence-corrected chi connectivity index (χ2v) is 6.51. The fraction of sp³-hybridized carbons (Fsp3) is 0.529. The lowest BCUT2D eigenvalue weighted by Crippen LogP contribution is -2.47. The highest BCUT2D eigenvalue weighted by Crippen LogP contribution is 2.22. The zero-order valence-corrected chi connectivity index (χ0v) is 15.5. The van der Waals surface area contributed by atoms with Crippen LogP contribution in [0, 0.1) is 11.6 Å². The number of likely N-dealkylation sites (tertiary alicyclic amines) is 1. The van der Waals surface area contributed by atoms with Crippen LogP contribution < -0.4 is 5.32 Å². The van der Waals surface area contributed by atoms with Crippen molar-refractivity contribution < 1.29 is 27.8 Å². The van der Waals surface area contributed by atoms with E-state index < -0.39 is 29.2 Å². The SMILES string of the molecule is CO[C@@H]1C[C@@H](CNC(=O)c2c(F)cc(Cl)cc2F)N(C(=O)[C@@H](C)OC)C1. The maximum atomic E-state index is 13.8. The highest BCUT2D eigenvalue weighted by molar-refractivity contribution is 6.30. The zero-order chi connectivity index (χ0) is 19.4. The van der Waals surface area contributed by atoms with Crippen LogP contribution >= 0.6 is 11.6 Å². The number of carbonyl (C=O) groups excluding carboxylic acids is 2. The van der Waals surface area contributed by atoms with Crippen molar-refractivity contribution in [2.45, 2.75) is 31.6 Å². The number of benzene rings is 1. The summed E-state index contributed by atoms with van der Waals surface area (Å²) in [6.07, 6.45) is -0.339. The van der Waals surface area contributed by atoms with Crippen LogP contribution in [0.5, 0.6) is 0 Å². The Morgan fingerprint density at radius 1 is 1.35 bits per heavy atom. The molecule has 1 fully saturated rings. The molecule has 0 aliphatic carbocycles. The van der Waals surface area contributed by atoms with E-state index in [4.69, 9.17) is 21.1 Å². The molecule has 1 N–H and O–H groups in total. The summed E-state index contributed by atoms with van der Waals surface area (Å²) in [7, 11) is 2.96. The van der Waals surface area contributed by atoms with E-state index in [9.17, 15) is 18.4 Å². The molecule has 2 amide bonds.